The first-order valence-electron chi connectivity index (χ1n) is 6.23. The molecular weight excluding hydrogens is 425 g/mol. The van der Waals surface area contributed by atoms with Gasteiger partial charge >= 0.3 is 0 Å². The Morgan fingerprint density at radius 1 is 1.13 bits per heavy atom. The lowest BCUT2D eigenvalue weighted by Crippen LogP contribution is -2.29. The number of halogens is 3. The SMILES string of the molecule is O=C(NS(=O)(=O)/C=C/c1ccccc1Cl)c1ccc(Cl)cc1Br. The number of rotatable bonds is 4. The molecule has 0 aliphatic carbocycles. The third-order valence-electron chi connectivity index (χ3n) is 2.74. The Balaban J connectivity index is 2.18. The van der Waals surface area contributed by atoms with Gasteiger partial charge in [-0.15, -0.1) is 0 Å². The first-order valence-corrected chi connectivity index (χ1v) is 9.33. The maximum atomic E-state index is 12.0. The normalized spacial score (nSPS) is 11.6. The molecule has 0 unspecified atom stereocenters. The van der Waals surface area contributed by atoms with Gasteiger partial charge in [0.15, 0.2) is 0 Å². The van der Waals surface area contributed by atoms with Crippen molar-refractivity contribution in [3.05, 3.63) is 73.5 Å². The zero-order valence-electron chi connectivity index (χ0n) is 11.5. The smallest absolute Gasteiger partial charge is 0.266 e. The standard InChI is InChI=1S/C15H10BrCl2NO3S/c16-13-9-11(17)5-6-12(13)15(20)19-23(21,22)8-7-10-3-1-2-4-14(10)18/h1-9H,(H,19,20)/b8-7+. The summed E-state index contributed by atoms with van der Waals surface area (Å²) in [5.74, 6) is -0.766. The largest absolute Gasteiger partial charge is 0.268 e. The third-order valence-corrected chi connectivity index (χ3v) is 4.94. The van der Waals surface area contributed by atoms with Crippen molar-refractivity contribution in [1.29, 1.82) is 0 Å². The average Bonchev–Trinajstić information content (AvgIpc) is 2.45. The Hall–Kier alpha value is -1.34. The van der Waals surface area contributed by atoms with Crippen LogP contribution in [-0.4, -0.2) is 14.3 Å². The van der Waals surface area contributed by atoms with Gasteiger partial charge < -0.3 is 0 Å². The number of benzene rings is 2. The highest BCUT2D eigenvalue weighted by molar-refractivity contribution is 9.10. The second-order valence-corrected chi connectivity index (χ2v) is 7.69. The van der Waals surface area contributed by atoms with E-state index in [0.29, 0.717) is 20.1 Å². The molecule has 4 nitrogen and oxygen atoms in total. The Morgan fingerprint density at radius 2 is 1.83 bits per heavy atom. The number of sulfonamides is 1. The molecule has 23 heavy (non-hydrogen) atoms. The molecule has 0 saturated carbocycles. The number of carbonyl (C=O) groups excluding carboxylic acids is 1. The molecule has 8 heteroatoms. The van der Waals surface area contributed by atoms with Crippen LogP contribution in [0.1, 0.15) is 15.9 Å². The van der Waals surface area contributed by atoms with Crippen molar-refractivity contribution in [3.63, 3.8) is 0 Å². The van der Waals surface area contributed by atoms with Gasteiger partial charge in [-0.05, 0) is 51.8 Å². The van der Waals surface area contributed by atoms with E-state index in [9.17, 15) is 13.2 Å². The summed E-state index contributed by atoms with van der Waals surface area (Å²) < 4.78 is 26.3. The molecule has 1 amide bonds. The fourth-order valence-corrected chi connectivity index (χ4v) is 3.49. The molecule has 0 aliphatic rings. The maximum Gasteiger partial charge on any atom is 0.266 e. The van der Waals surface area contributed by atoms with Gasteiger partial charge in [0.05, 0.1) is 11.0 Å². The van der Waals surface area contributed by atoms with Crippen molar-refractivity contribution in [2.24, 2.45) is 0 Å². The first-order chi connectivity index (χ1) is 10.8. The predicted molar refractivity (Wildman–Crippen MR) is 96.0 cm³/mol. The van der Waals surface area contributed by atoms with Crippen molar-refractivity contribution < 1.29 is 13.2 Å². The second-order valence-electron chi connectivity index (χ2n) is 4.42. The molecule has 0 spiro atoms. The van der Waals surface area contributed by atoms with Crippen LogP contribution >= 0.6 is 39.1 Å². The number of hydrogen-bond acceptors (Lipinski definition) is 3. The Bertz CT molecular complexity index is 882. The van der Waals surface area contributed by atoms with E-state index in [1.165, 1.54) is 24.3 Å². The molecule has 0 aromatic heterocycles. The molecular formula is C15H10BrCl2NO3S. The van der Waals surface area contributed by atoms with Gasteiger partial charge in [-0.25, -0.2) is 13.1 Å². The topological polar surface area (TPSA) is 63.2 Å². The summed E-state index contributed by atoms with van der Waals surface area (Å²) >= 11 is 14.9. The molecule has 1 N–H and O–H groups in total. The molecule has 0 heterocycles. The van der Waals surface area contributed by atoms with E-state index in [1.54, 1.807) is 24.3 Å². The molecule has 0 bridgehead atoms. The Kier molecular flexibility index (Phi) is 5.86. The number of carbonyl (C=O) groups is 1. The van der Waals surface area contributed by atoms with E-state index in [0.717, 1.165) is 5.41 Å². The zero-order valence-corrected chi connectivity index (χ0v) is 15.4. The summed E-state index contributed by atoms with van der Waals surface area (Å²) in [4.78, 5) is 12.0. The minimum atomic E-state index is -3.96. The van der Waals surface area contributed by atoms with Crippen molar-refractivity contribution in [3.8, 4) is 0 Å². The Morgan fingerprint density at radius 3 is 2.48 bits per heavy atom. The van der Waals surface area contributed by atoms with Crippen LogP contribution in [0.3, 0.4) is 0 Å². The lowest BCUT2D eigenvalue weighted by molar-refractivity contribution is 0.0981. The number of amides is 1. The van der Waals surface area contributed by atoms with Crippen LogP contribution in [0.4, 0.5) is 0 Å². The van der Waals surface area contributed by atoms with Gasteiger partial charge in [-0.2, -0.15) is 0 Å². The summed E-state index contributed by atoms with van der Waals surface area (Å²) in [6, 6.07) is 11.2. The fraction of sp³-hybridized carbons (Fsp3) is 0. The lowest BCUT2D eigenvalue weighted by Gasteiger charge is -2.06. The maximum absolute atomic E-state index is 12.0. The monoisotopic (exact) mass is 433 g/mol. The van der Waals surface area contributed by atoms with Crippen LogP contribution < -0.4 is 4.72 Å². The lowest BCUT2D eigenvalue weighted by atomic mass is 10.2. The Labute approximate surface area is 152 Å². The van der Waals surface area contributed by atoms with Crippen molar-refractivity contribution in [1.82, 2.24) is 4.72 Å². The summed E-state index contributed by atoms with van der Waals surface area (Å²) in [5, 5.41) is 1.72. The van der Waals surface area contributed by atoms with E-state index in [1.807, 2.05) is 4.72 Å². The van der Waals surface area contributed by atoms with Crippen LogP contribution in [0.5, 0.6) is 0 Å². The van der Waals surface area contributed by atoms with E-state index >= 15 is 0 Å². The van der Waals surface area contributed by atoms with Gasteiger partial charge in [0.25, 0.3) is 15.9 Å². The van der Waals surface area contributed by atoms with Crippen LogP contribution in [0.15, 0.2) is 52.3 Å². The van der Waals surface area contributed by atoms with Crippen molar-refractivity contribution in [2.75, 3.05) is 0 Å². The fourth-order valence-electron chi connectivity index (χ4n) is 1.66. The number of nitrogens with one attached hydrogen (secondary N) is 1. The van der Waals surface area contributed by atoms with Gasteiger partial charge in [-0.3, -0.25) is 4.79 Å². The zero-order chi connectivity index (χ0) is 17.0. The average molecular weight is 435 g/mol. The number of hydrogen-bond donors (Lipinski definition) is 1. The minimum absolute atomic E-state index is 0.157. The van der Waals surface area contributed by atoms with Crippen LogP contribution in [0.2, 0.25) is 10.0 Å². The first kappa shape index (κ1) is 18.0. The van der Waals surface area contributed by atoms with Gasteiger partial charge in [0, 0.05) is 14.5 Å². The summed E-state index contributed by atoms with van der Waals surface area (Å²) in [6.45, 7) is 0. The molecule has 2 aromatic carbocycles. The highest BCUT2D eigenvalue weighted by atomic mass is 79.9. The van der Waals surface area contributed by atoms with Gasteiger partial charge in [-0.1, -0.05) is 41.4 Å². The van der Waals surface area contributed by atoms with Crippen LogP contribution in [0, 0.1) is 0 Å². The summed E-state index contributed by atoms with van der Waals surface area (Å²) in [7, 11) is -3.96. The summed E-state index contributed by atoms with van der Waals surface area (Å²) in [5.41, 5.74) is 0.684. The molecule has 0 radical (unpaired) electrons. The third kappa shape index (κ3) is 5.07. The highest BCUT2D eigenvalue weighted by Crippen LogP contribution is 2.22. The molecule has 2 aromatic rings. The van der Waals surface area contributed by atoms with Crippen LogP contribution in [-0.2, 0) is 10.0 Å². The summed E-state index contributed by atoms with van der Waals surface area (Å²) in [6.07, 6.45) is 1.31. The van der Waals surface area contributed by atoms with Gasteiger partial charge in [0.2, 0.25) is 0 Å². The molecule has 0 saturated heterocycles. The van der Waals surface area contributed by atoms with Crippen LogP contribution in [0.25, 0.3) is 6.08 Å². The minimum Gasteiger partial charge on any atom is -0.268 e. The van der Waals surface area contributed by atoms with Gasteiger partial charge in [0.1, 0.15) is 0 Å². The van der Waals surface area contributed by atoms with E-state index in [2.05, 4.69) is 15.9 Å². The van der Waals surface area contributed by atoms with Crippen molar-refractivity contribution in [2.45, 2.75) is 0 Å². The van der Waals surface area contributed by atoms with E-state index < -0.39 is 15.9 Å². The molecule has 2 rings (SSSR count). The highest BCUT2D eigenvalue weighted by Gasteiger charge is 2.16. The van der Waals surface area contributed by atoms with Crippen molar-refractivity contribution >= 4 is 61.1 Å². The second kappa shape index (κ2) is 7.49. The predicted octanol–water partition coefficient (Wildman–Crippen LogP) is 4.49. The van der Waals surface area contributed by atoms with E-state index in [4.69, 9.17) is 23.2 Å². The molecule has 0 aliphatic heterocycles. The van der Waals surface area contributed by atoms with E-state index in [-0.39, 0.29) is 5.56 Å². The molecule has 0 fully saturated rings. The quantitative estimate of drug-likeness (QED) is 0.771. The molecule has 0 atom stereocenters. The molecule has 120 valence electrons.